The first-order valence-corrected chi connectivity index (χ1v) is 7.77. The molecule has 0 radical (unpaired) electrons. The molecule has 0 saturated carbocycles. The maximum atomic E-state index is 11.9. The van der Waals surface area contributed by atoms with E-state index < -0.39 is 17.8 Å². The van der Waals surface area contributed by atoms with Crippen LogP contribution in [0.1, 0.15) is 32.8 Å². The highest BCUT2D eigenvalue weighted by molar-refractivity contribution is 5.68. The van der Waals surface area contributed by atoms with Crippen molar-refractivity contribution in [1.82, 2.24) is 10.2 Å². The number of hydrogen-bond acceptors (Lipinski definition) is 4. The lowest BCUT2D eigenvalue weighted by Gasteiger charge is -2.36. The van der Waals surface area contributed by atoms with Crippen LogP contribution in [0.5, 0.6) is 0 Å². The van der Waals surface area contributed by atoms with E-state index in [1.807, 2.05) is 39.0 Å². The Hall–Kier alpha value is -1.59. The number of benzene rings is 1. The van der Waals surface area contributed by atoms with Crippen LogP contribution in [0.2, 0.25) is 0 Å². The standard InChI is InChI=1S/C17H26N2O3/c1-17(2,3)22-16(21)18-14-12-19(10-9-15(14)20)11-13-7-5-4-6-8-13/h4-8,14-15,20H,9-12H2,1-3H3,(H,18,21). The highest BCUT2D eigenvalue weighted by Crippen LogP contribution is 2.15. The van der Waals surface area contributed by atoms with E-state index in [0.717, 1.165) is 13.1 Å². The number of rotatable bonds is 3. The van der Waals surface area contributed by atoms with Crippen LogP contribution >= 0.6 is 0 Å². The number of aliphatic hydroxyl groups is 1. The molecule has 1 aliphatic heterocycles. The third-order valence-electron chi connectivity index (χ3n) is 3.61. The van der Waals surface area contributed by atoms with Crippen LogP contribution in [0.4, 0.5) is 4.79 Å². The summed E-state index contributed by atoms with van der Waals surface area (Å²) in [7, 11) is 0. The van der Waals surface area contributed by atoms with E-state index in [0.29, 0.717) is 13.0 Å². The second-order valence-corrected chi connectivity index (χ2v) is 6.83. The van der Waals surface area contributed by atoms with Gasteiger partial charge in [0.2, 0.25) is 0 Å². The number of hydrogen-bond donors (Lipinski definition) is 2. The Kier molecular flexibility index (Phi) is 5.42. The Labute approximate surface area is 132 Å². The van der Waals surface area contributed by atoms with Gasteiger partial charge in [0.1, 0.15) is 5.60 Å². The largest absolute Gasteiger partial charge is 0.444 e. The Morgan fingerprint density at radius 2 is 2.05 bits per heavy atom. The first kappa shape index (κ1) is 16.8. The highest BCUT2D eigenvalue weighted by Gasteiger charge is 2.30. The van der Waals surface area contributed by atoms with Gasteiger partial charge in [0, 0.05) is 19.6 Å². The number of likely N-dealkylation sites (tertiary alicyclic amines) is 1. The van der Waals surface area contributed by atoms with Gasteiger partial charge >= 0.3 is 6.09 Å². The monoisotopic (exact) mass is 306 g/mol. The molecule has 1 aliphatic rings. The summed E-state index contributed by atoms with van der Waals surface area (Å²) < 4.78 is 5.26. The zero-order valence-electron chi connectivity index (χ0n) is 13.6. The van der Waals surface area contributed by atoms with Crippen molar-refractivity contribution in [2.45, 2.75) is 51.5 Å². The zero-order valence-corrected chi connectivity index (χ0v) is 13.6. The minimum atomic E-state index is -0.534. The molecule has 22 heavy (non-hydrogen) atoms. The molecule has 1 fully saturated rings. The molecule has 2 unspecified atom stereocenters. The van der Waals surface area contributed by atoms with Gasteiger partial charge < -0.3 is 15.2 Å². The Balaban J connectivity index is 1.89. The lowest BCUT2D eigenvalue weighted by molar-refractivity contribution is 0.0210. The summed E-state index contributed by atoms with van der Waals surface area (Å²) in [6.07, 6.45) is -0.356. The molecular formula is C17H26N2O3. The molecule has 5 heteroatoms. The Morgan fingerprint density at radius 1 is 1.36 bits per heavy atom. The van der Waals surface area contributed by atoms with Crippen LogP contribution < -0.4 is 5.32 Å². The van der Waals surface area contributed by atoms with E-state index in [1.165, 1.54) is 5.56 Å². The normalized spacial score (nSPS) is 23.1. The van der Waals surface area contributed by atoms with E-state index in [9.17, 15) is 9.90 Å². The van der Waals surface area contributed by atoms with Crippen LogP contribution in [0, 0.1) is 0 Å². The van der Waals surface area contributed by atoms with E-state index >= 15 is 0 Å². The molecule has 1 saturated heterocycles. The van der Waals surface area contributed by atoms with Gasteiger partial charge in [-0.05, 0) is 32.8 Å². The molecule has 1 heterocycles. The lowest BCUT2D eigenvalue weighted by atomic mass is 10.0. The van der Waals surface area contributed by atoms with Gasteiger partial charge in [-0.15, -0.1) is 0 Å². The number of amides is 1. The molecule has 0 bridgehead atoms. The van der Waals surface area contributed by atoms with Crippen LogP contribution in [0.3, 0.4) is 0 Å². The predicted octanol–water partition coefficient (Wildman–Crippen LogP) is 2.15. The van der Waals surface area contributed by atoms with Crippen LogP contribution in [-0.2, 0) is 11.3 Å². The van der Waals surface area contributed by atoms with Gasteiger partial charge in [0.25, 0.3) is 0 Å². The number of aliphatic hydroxyl groups excluding tert-OH is 1. The summed E-state index contributed by atoms with van der Waals surface area (Å²) in [5, 5.41) is 12.9. The van der Waals surface area contributed by atoms with Gasteiger partial charge in [0.05, 0.1) is 12.1 Å². The fourth-order valence-electron chi connectivity index (χ4n) is 2.59. The topological polar surface area (TPSA) is 61.8 Å². The van der Waals surface area contributed by atoms with Crippen molar-refractivity contribution in [2.75, 3.05) is 13.1 Å². The van der Waals surface area contributed by atoms with Gasteiger partial charge in [-0.3, -0.25) is 4.90 Å². The van der Waals surface area contributed by atoms with Crippen molar-refractivity contribution in [3.05, 3.63) is 35.9 Å². The highest BCUT2D eigenvalue weighted by atomic mass is 16.6. The summed E-state index contributed by atoms with van der Waals surface area (Å²) >= 11 is 0. The zero-order chi connectivity index (χ0) is 16.2. The van der Waals surface area contributed by atoms with Crippen LogP contribution in [0.15, 0.2) is 30.3 Å². The average Bonchev–Trinajstić information content (AvgIpc) is 2.41. The maximum absolute atomic E-state index is 11.9. The minimum Gasteiger partial charge on any atom is -0.444 e. The van der Waals surface area contributed by atoms with Crippen molar-refractivity contribution in [3.63, 3.8) is 0 Å². The number of nitrogens with one attached hydrogen (secondary N) is 1. The molecule has 2 atom stereocenters. The van der Waals surface area contributed by atoms with Crippen molar-refractivity contribution in [1.29, 1.82) is 0 Å². The van der Waals surface area contributed by atoms with Gasteiger partial charge in [0.15, 0.2) is 0 Å². The molecular weight excluding hydrogens is 280 g/mol. The first-order valence-electron chi connectivity index (χ1n) is 7.77. The van der Waals surface area contributed by atoms with Crippen LogP contribution in [-0.4, -0.2) is 46.9 Å². The Bertz CT molecular complexity index is 484. The summed E-state index contributed by atoms with van der Waals surface area (Å²) in [5.41, 5.74) is 0.697. The second kappa shape index (κ2) is 7.11. The average molecular weight is 306 g/mol. The predicted molar refractivity (Wildman–Crippen MR) is 85.5 cm³/mol. The molecule has 0 spiro atoms. The van der Waals surface area contributed by atoms with Crippen molar-refractivity contribution < 1.29 is 14.6 Å². The SMILES string of the molecule is CC(C)(C)OC(=O)NC1CN(Cc2ccccc2)CCC1O. The fourth-order valence-corrected chi connectivity index (χ4v) is 2.59. The molecule has 122 valence electrons. The lowest BCUT2D eigenvalue weighted by Crippen LogP contribution is -2.55. The molecule has 2 N–H and O–H groups in total. The molecule has 1 aromatic carbocycles. The number of alkyl carbamates (subject to hydrolysis) is 1. The number of carbonyl (C=O) groups excluding carboxylic acids is 1. The third kappa shape index (κ3) is 5.31. The third-order valence-corrected chi connectivity index (χ3v) is 3.61. The summed E-state index contributed by atoms with van der Waals surface area (Å²) in [6, 6.07) is 9.90. The smallest absolute Gasteiger partial charge is 0.408 e. The van der Waals surface area contributed by atoms with E-state index in [2.05, 4.69) is 22.3 Å². The molecule has 5 nitrogen and oxygen atoms in total. The summed E-state index contributed by atoms with van der Waals surface area (Å²) in [5.74, 6) is 0. The number of ether oxygens (including phenoxy) is 1. The minimum absolute atomic E-state index is 0.299. The van der Waals surface area contributed by atoms with Gasteiger partial charge in [-0.25, -0.2) is 4.79 Å². The maximum Gasteiger partial charge on any atom is 0.408 e. The van der Waals surface area contributed by atoms with Crippen LogP contribution in [0.25, 0.3) is 0 Å². The van der Waals surface area contributed by atoms with Gasteiger partial charge in [-0.1, -0.05) is 30.3 Å². The second-order valence-electron chi connectivity index (χ2n) is 6.83. The van der Waals surface area contributed by atoms with Crippen molar-refractivity contribution in [3.8, 4) is 0 Å². The Morgan fingerprint density at radius 3 is 2.68 bits per heavy atom. The summed E-state index contributed by atoms with van der Waals surface area (Å²) in [6.45, 7) is 7.74. The number of piperidine rings is 1. The van der Waals surface area contributed by atoms with E-state index in [4.69, 9.17) is 4.74 Å². The first-order chi connectivity index (χ1) is 10.3. The summed E-state index contributed by atoms with van der Waals surface area (Å²) in [4.78, 5) is 14.1. The number of nitrogens with zero attached hydrogens (tertiary/aromatic N) is 1. The van der Waals surface area contributed by atoms with Crippen molar-refractivity contribution >= 4 is 6.09 Å². The molecule has 0 aliphatic carbocycles. The van der Waals surface area contributed by atoms with Gasteiger partial charge in [-0.2, -0.15) is 0 Å². The quantitative estimate of drug-likeness (QED) is 0.898. The molecule has 1 aromatic rings. The van der Waals surface area contributed by atoms with Crippen molar-refractivity contribution in [2.24, 2.45) is 0 Å². The molecule has 1 amide bonds. The van der Waals surface area contributed by atoms with E-state index in [1.54, 1.807) is 0 Å². The van der Waals surface area contributed by atoms with E-state index in [-0.39, 0.29) is 6.04 Å². The molecule has 0 aromatic heterocycles. The molecule has 2 rings (SSSR count). The number of carbonyl (C=O) groups is 1. The fraction of sp³-hybridized carbons (Fsp3) is 0.588.